The van der Waals surface area contributed by atoms with E-state index in [-0.39, 0.29) is 24.4 Å². The number of carbonyl (C=O) groups is 1. The number of esters is 1. The van der Waals surface area contributed by atoms with Gasteiger partial charge in [0.05, 0.1) is 37.0 Å². The van der Waals surface area contributed by atoms with Gasteiger partial charge in [-0.2, -0.15) is 0 Å². The second-order valence-corrected chi connectivity index (χ2v) is 9.43. The highest BCUT2D eigenvalue weighted by Crippen LogP contribution is 2.48. The second kappa shape index (κ2) is 11.1. The van der Waals surface area contributed by atoms with Gasteiger partial charge in [-0.05, 0) is 48.4 Å². The van der Waals surface area contributed by atoms with E-state index in [9.17, 15) is 9.90 Å². The summed E-state index contributed by atoms with van der Waals surface area (Å²) in [4.78, 5) is 11.9. The third kappa shape index (κ3) is 5.66. The van der Waals surface area contributed by atoms with Crippen molar-refractivity contribution >= 4 is 5.97 Å². The van der Waals surface area contributed by atoms with E-state index in [0.717, 1.165) is 28.7 Å². The highest BCUT2D eigenvalue weighted by atomic mass is 16.5. The summed E-state index contributed by atoms with van der Waals surface area (Å²) >= 11 is 0. The molecule has 1 fully saturated rings. The van der Waals surface area contributed by atoms with Crippen molar-refractivity contribution in [2.75, 3.05) is 13.2 Å². The summed E-state index contributed by atoms with van der Waals surface area (Å²) in [6, 6.07) is 26.2. The Morgan fingerprint density at radius 1 is 1.00 bits per heavy atom. The molecule has 0 amide bonds. The summed E-state index contributed by atoms with van der Waals surface area (Å²) in [6.45, 7) is 4.66. The zero-order chi connectivity index (χ0) is 25.8. The molecule has 3 aromatic carbocycles. The first-order chi connectivity index (χ1) is 18.0. The SMILES string of the molecule is CCOC(=O)C1CC1c1ccc(-c2ccc(-c3onc(C)c3[C@@H](O)COCc3ccccc3)cc2)cc1. The number of aromatic nitrogens is 1. The number of carbonyl (C=O) groups excluding carboxylic acids is 1. The number of nitrogens with zero attached hydrogens (tertiary/aromatic N) is 1. The summed E-state index contributed by atoms with van der Waals surface area (Å²) in [5.41, 5.74) is 6.51. The van der Waals surface area contributed by atoms with Gasteiger partial charge in [0.2, 0.25) is 0 Å². The maximum absolute atomic E-state index is 11.9. The summed E-state index contributed by atoms with van der Waals surface area (Å²) in [7, 11) is 0. The van der Waals surface area contributed by atoms with Crippen LogP contribution in [-0.2, 0) is 20.9 Å². The largest absolute Gasteiger partial charge is 0.466 e. The maximum atomic E-state index is 11.9. The Labute approximate surface area is 216 Å². The monoisotopic (exact) mass is 497 g/mol. The summed E-state index contributed by atoms with van der Waals surface area (Å²) in [5.74, 6) is 0.700. The average Bonchev–Trinajstić information content (AvgIpc) is 3.64. The maximum Gasteiger partial charge on any atom is 0.309 e. The van der Waals surface area contributed by atoms with Gasteiger partial charge in [0.15, 0.2) is 5.76 Å². The third-order valence-corrected chi connectivity index (χ3v) is 6.83. The van der Waals surface area contributed by atoms with E-state index < -0.39 is 6.10 Å². The minimum atomic E-state index is -0.849. The predicted octanol–water partition coefficient (Wildman–Crippen LogP) is 6.23. The van der Waals surface area contributed by atoms with Crippen LogP contribution in [-0.4, -0.2) is 29.4 Å². The summed E-state index contributed by atoms with van der Waals surface area (Å²) in [6.07, 6.45) is 0.00707. The molecule has 190 valence electrons. The van der Waals surface area contributed by atoms with Crippen molar-refractivity contribution in [3.63, 3.8) is 0 Å². The standard InChI is InChI=1S/C31H31NO5/c1-3-36-31(34)27-17-26(27)24-13-9-22(10-14-24)23-11-15-25(16-12-23)30-29(20(2)32-37-30)28(33)19-35-18-21-7-5-4-6-8-21/h4-16,26-28,33H,3,17-19H2,1-2H3/t26?,27?,28-/m0/s1. The van der Waals surface area contributed by atoms with E-state index in [1.807, 2.05) is 68.4 Å². The molecule has 1 saturated carbocycles. The van der Waals surface area contributed by atoms with Crippen LogP contribution in [0.25, 0.3) is 22.5 Å². The first-order valence-electron chi connectivity index (χ1n) is 12.7. The molecule has 1 N–H and O–H groups in total. The molecule has 2 unspecified atom stereocenters. The minimum Gasteiger partial charge on any atom is -0.466 e. The highest BCUT2D eigenvalue weighted by molar-refractivity contribution is 5.77. The predicted molar refractivity (Wildman–Crippen MR) is 141 cm³/mol. The Kier molecular flexibility index (Phi) is 7.49. The van der Waals surface area contributed by atoms with Crippen LogP contribution in [0, 0.1) is 12.8 Å². The quantitative estimate of drug-likeness (QED) is 0.262. The Morgan fingerprint density at radius 3 is 2.32 bits per heavy atom. The molecular formula is C31H31NO5. The molecule has 1 aliphatic carbocycles. The fraction of sp³-hybridized carbons (Fsp3) is 0.290. The first-order valence-corrected chi connectivity index (χ1v) is 12.7. The van der Waals surface area contributed by atoms with Crippen LogP contribution < -0.4 is 0 Å². The molecule has 3 atom stereocenters. The Morgan fingerprint density at radius 2 is 1.65 bits per heavy atom. The lowest BCUT2D eigenvalue weighted by Gasteiger charge is -2.12. The summed E-state index contributed by atoms with van der Waals surface area (Å²) < 4.78 is 16.5. The number of aliphatic hydroxyl groups is 1. The fourth-order valence-electron chi connectivity index (χ4n) is 4.73. The van der Waals surface area contributed by atoms with E-state index in [2.05, 4.69) is 29.4 Å². The zero-order valence-electron chi connectivity index (χ0n) is 21.1. The zero-order valence-corrected chi connectivity index (χ0v) is 21.1. The number of benzene rings is 3. The highest BCUT2D eigenvalue weighted by Gasteiger charge is 2.45. The smallest absolute Gasteiger partial charge is 0.309 e. The Balaban J connectivity index is 1.24. The first kappa shape index (κ1) is 24.9. The molecule has 0 spiro atoms. The van der Waals surface area contributed by atoms with Crippen LogP contribution in [0.4, 0.5) is 0 Å². The molecule has 6 nitrogen and oxygen atoms in total. The lowest BCUT2D eigenvalue weighted by molar-refractivity contribution is -0.144. The molecule has 0 aliphatic heterocycles. The lowest BCUT2D eigenvalue weighted by atomic mass is 9.98. The van der Waals surface area contributed by atoms with E-state index >= 15 is 0 Å². The molecular weight excluding hydrogens is 466 g/mol. The number of aryl methyl sites for hydroxylation is 1. The van der Waals surface area contributed by atoms with Gasteiger partial charge in [-0.15, -0.1) is 0 Å². The molecule has 4 aromatic rings. The molecule has 1 heterocycles. The van der Waals surface area contributed by atoms with E-state index in [1.165, 1.54) is 5.56 Å². The van der Waals surface area contributed by atoms with Crippen LogP contribution in [0.15, 0.2) is 83.4 Å². The second-order valence-electron chi connectivity index (χ2n) is 9.43. The van der Waals surface area contributed by atoms with Gasteiger partial charge in [0.25, 0.3) is 0 Å². The Hall–Kier alpha value is -3.74. The van der Waals surface area contributed by atoms with Crippen molar-refractivity contribution in [1.82, 2.24) is 5.16 Å². The van der Waals surface area contributed by atoms with Crippen molar-refractivity contribution in [2.24, 2.45) is 5.92 Å². The van der Waals surface area contributed by atoms with E-state index in [4.69, 9.17) is 14.0 Å². The van der Waals surface area contributed by atoms with Gasteiger partial charge in [-0.1, -0.05) is 84.0 Å². The van der Waals surface area contributed by atoms with Crippen molar-refractivity contribution in [3.05, 3.63) is 101 Å². The molecule has 6 heteroatoms. The van der Waals surface area contributed by atoms with Crippen LogP contribution >= 0.6 is 0 Å². The molecule has 0 radical (unpaired) electrons. The van der Waals surface area contributed by atoms with Crippen LogP contribution in [0.2, 0.25) is 0 Å². The van der Waals surface area contributed by atoms with Crippen molar-refractivity contribution in [1.29, 1.82) is 0 Å². The summed E-state index contributed by atoms with van der Waals surface area (Å²) in [5, 5.41) is 14.9. The topological polar surface area (TPSA) is 81.8 Å². The van der Waals surface area contributed by atoms with Crippen molar-refractivity contribution in [3.8, 4) is 22.5 Å². The molecule has 37 heavy (non-hydrogen) atoms. The average molecular weight is 498 g/mol. The lowest BCUT2D eigenvalue weighted by Crippen LogP contribution is -2.09. The van der Waals surface area contributed by atoms with Crippen LogP contribution in [0.3, 0.4) is 0 Å². The minimum absolute atomic E-state index is 0.0104. The number of aliphatic hydroxyl groups excluding tert-OH is 1. The normalized spacial score (nSPS) is 17.4. The van der Waals surface area contributed by atoms with Crippen molar-refractivity contribution in [2.45, 2.75) is 38.9 Å². The number of hydrogen-bond donors (Lipinski definition) is 1. The van der Waals surface area contributed by atoms with Crippen molar-refractivity contribution < 1.29 is 23.9 Å². The van der Waals surface area contributed by atoms with Gasteiger partial charge in [-0.3, -0.25) is 4.79 Å². The van der Waals surface area contributed by atoms with Gasteiger partial charge < -0.3 is 19.1 Å². The van der Waals surface area contributed by atoms with Crippen LogP contribution in [0.5, 0.6) is 0 Å². The number of hydrogen-bond acceptors (Lipinski definition) is 6. The van der Waals surface area contributed by atoms with Gasteiger partial charge in [0.1, 0.15) is 6.10 Å². The third-order valence-electron chi connectivity index (χ3n) is 6.83. The van der Waals surface area contributed by atoms with Crippen LogP contribution in [0.1, 0.15) is 47.8 Å². The van der Waals surface area contributed by atoms with Gasteiger partial charge in [0, 0.05) is 5.56 Å². The molecule has 5 rings (SSSR count). The Bertz CT molecular complexity index is 1330. The molecule has 0 bridgehead atoms. The molecule has 1 aliphatic rings. The van der Waals surface area contributed by atoms with E-state index in [1.54, 1.807) is 0 Å². The van der Waals surface area contributed by atoms with Gasteiger partial charge >= 0.3 is 5.97 Å². The fourth-order valence-corrected chi connectivity index (χ4v) is 4.73. The van der Waals surface area contributed by atoms with E-state index in [0.29, 0.717) is 30.2 Å². The molecule has 0 saturated heterocycles. The number of rotatable bonds is 10. The van der Waals surface area contributed by atoms with Gasteiger partial charge in [-0.25, -0.2) is 0 Å². The molecule has 1 aromatic heterocycles. The number of ether oxygens (including phenoxy) is 2.